The van der Waals surface area contributed by atoms with Crippen molar-refractivity contribution in [2.45, 2.75) is 45.2 Å². The van der Waals surface area contributed by atoms with Crippen LogP contribution < -0.4 is 0 Å². The average Bonchev–Trinajstić information content (AvgIpc) is 2.77. The first-order valence-corrected chi connectivity index (χ1v) is 5.77. The van der Waals surface area contributed by atoms with Gasteiger partial charge in [-0.1, -0.05) is 11.6 Å². The van der Waals surface area contributed by atoms with E-state index in [0.717, 1.165) is 13.0 Å². The number of aromatic nitrogens is 2. The zero-order valence-electron chi connectivity index (χ0n) is 9.72. The van der Waals surface area contributed by atoms with Crippen molar-refractivity contribution in [1.29, 1.82) is 0 Å². The highest BCUT2D eigenvalue weighted by molar-refractivity contribution is 5.66. The summed E-state index contributed by atoms with van der Waals surface area (Å²) in [7, 11) is 0. The van der Waals surface area contributed by atoms with E-state index >= 15 is 0 Å². The van der Waals surface area contributed by atoms with Gasteiger partial charge >= 0.3 is 0 Å². The summed E-state index contributed by atoms with van der Waals surface area (Å²) in [6, 6.07) is 0.662. The van der Waals surface area contributed by atoms with Gasteiger partial charge in [-0.2, -0.15) is 4.98 Å². The second-order valence-corrected chi connectivity index (χ2v) is 4.45. The van der Waals surface area contributed by atoms with Gasteiger partial charge in [0.15, 0.2) is 5.82 Å². The van der Waals surface area contributed by atoms with Crippen molar-refractivity contribution >= 4 is 6.29 Å². The lowest BCUT2D eigenvalue weighted by Crippen LogP contribution is -2.38. The fourth-order valence-electron chi connectivity index (χ4n) is 2.28. The molecule has 1 atom stereocenters. The summed E-state index contributed by atoms with van der Waals surface area (Å²) in [5.74, 6) is 0.722. The number of nitrogens with zero attached hydrogens (tertiary/aromatic N) is 3. The van der Waals surface area contributed by atoms with Crippen molar-refractivity contribution in [3.05, 3.63) is 11.7 Å². The van der Waals surface area contributed by atoms with Gasteiger partial charge in [-0.05, 0) is 33.2 Å². The Balaban J connectivity index is 2.19. The first-order valence-electron chi connectivity index (χ1n) is 5.77. The summed E-state index contributed by atoms with van der Waals surface area (Å²) in [6.07, 6.45) is 4.03. The molecule has 16 heavy (non-hydrogen) atoms. The smallest absolute Gasteiger partial charge is 0.290 e. The molecule has 1 aromatic rings. The molecule has 1 fully saturated rings. The zero-order chi connectivity index (χ0) is 11.5. The predicted octanol–water partition coefficient (Wildman–Crippen LogP) is 1.82. The Morgan fingerprint density at radius 1 is 1.50 bits per heavy atom. The van der Waals surface area contributed by atoms with E-state index in [9.17, 15) is 4.79 Å². The lowest BCUT2D eigenvalue weighted by atomic mass is 10.00. The van der Waals surface area contributed by atoms with Crippen molar-refractivity contribution in [3.8, 4) is 0 Å². The van der Waals surface area contributed by atoms with Gasteiger partial charge in [-0.15, -0.1) is 0 Å². The van der Waals surface area contributed by atoms with E-state index in [0.29, 0.717) is 18.2 Å². The number of rotatable bonds is 3. The van der Waals surface area contributed by atoms with Gasteiger partial charge in [0.25, 0.3) is 5.89 Å². The number of carbonyl (C=O) groups is 1. The molecule has 0 aliphatic carbocycles. The van der Waals surface area contributed by atoms with Gasteiger partial charge in [0.05, 0.1) is 6.04 Å². The van der Waals surface area contributed by atoms with Crippen LogP contribution in [0.3, 0.4) is 0 Å². The Morgan fingerprint density at radius 3 is 2.94 bits per heavy atom. The molecule has 0 saturated carbocycles. The maximum atomic E-state index is 10.5. The second kappa shape index (κ2) is 4.74. The van der Waals surface area contributed by atoms with Gasteiger partial charge in [0, 0.05) is 6.04 Å². The topological polar surface area (TPSA) is 59.2 Å². The van der Waals surface area contributed by atoms with Crippen LogP contribution in [0.1, 0.15) is 55.7 Å². The molecule has 2 heterocycles. The van der Waals surface area contributed by atoms with E-state index in [1.54, 1.807) is 0 Å². The minimum Gasteiger partial charge on any atom is -0.331 e. The number of aldehydes is 1. The maximum Gasteiger partial charge on any atom is 0.290 e. The van der Waals surface area contributed by atoms with Crippen LogP contribution in [0.2, 0.25) is 0 Å². The fourth-order valence-corrected chi connectivity index (χ4v) is 2.28. The molecule has 0 bridgehead atoms. The normalized spacial score (nSPS) is 22.6. The fraction of sp³-hybridized carbons (Fsp3) is 0.727. The van der Waals surface area contributed by atoms with Gasteiger partial charge in [-0.3, -0.25) is 9.69 Å². The molecule has 1 aliphatic heterocycles. The molecular weight excluding hydrogens is 206 g/mol. The molecule has 5 heteroatoms. The van der Waals surface area contributed by atoms with Crippen molar-refractivity contribution in [3.63, 3.8) is 0 Å². The first kappa shape index (κ1) is 11.3. The van der Waals surface area contributed by atoms with Gasteiger partial charge in [0.2, 0.25) is 6.29 Å². The lowest BCUT2D eigenvalue weighted by molar-refractivity contribution is 0.104. The zero-order valence-corrected chi connectivity index (χ0v) is 9.72. The quantitative estimate of drug-likeness (QED) is 0.731. The van der Waals surface area contributed by atoms with Crippen LogP contribution in [-0.2, 0) is 0 Å². The van der Waals surface area contributed by atoms with Crippen molar-refractivity contribution < 1.29 is 9.32 Å². The van der Waals surface area contributed by atoms with Crippen LogP contribution >= 0.6 is 0 Å². The third kappa shape index (κ3) is 2.14. The molecule has 0 radical (unpaired) electrons. The summed E-state index contributed by atoms with van der Waals surface area (Å²) in [5, 5.41) is 3.88. The molecule has 0 spiro atoms. The van der Waals surface area contributed by atoms with E-state index in [1.807, 2.05) is 0 Å². The molecule has 0 N–H and O–H groups in total. The number of hydrogen-bond donors (Lipinski definition) is 0. The number of carbonyl (C=O) groups excluding carboxylic acids is 1. The Kier molecular flexibility index (Phi) is 3.33. The molecule has 1 unspecified atom stereocenters. The molecular formula is C11H17N3O2. The highest BCUT2D eigenvalue weighted by Crippen LogP contribution is 2.30. The lowest BCUT2D eigenvalue weighted by Gasteiger charge is -2.36. The van der Waals surface area contributed by atoms with Gasteiger partial charge in [-0.25, -0.2) is 0 Å². The van der Waals surface area contributed by atoms with E-state index in [1.165, 1.54) is 12.8 Å². The molecule has 1 aromatic heterocycles. The minimum absolute atomic E-state index is 0.0734. The van der Waals surface area contributed by atoms with Gasteiger partial charge in [0.1, 0.15) is 0 Å². The SMILES string of the molecule is CC(C)N1CCCCC1c1noc(C=O)n1. The Hall–Kier alpha value is -1.23. The number of hydrogen-bond acceptors (Lipinski definition) is 5. The van der Waals surface area contributed by atoms with E-state index < -0.39 is 0 Å². The molecule has 88 valence electrons. The Bertz CT molecular complexity index is 362. The molecule has 2 rings (SSSR count). The van der Waals surface area contributed by atoms with E-state index in [4.69, 9.17) is 4.52 Å². The van der Waals surface area contributed by atoms with Crippen LogP contribution in [0, 0.1) is 0 Å². The molecule has 1 aliphatic rings. The van der Waals surface area contributed by atoms with Crippen molar-refractivity contribution in [2.24, 2.45) is 0 Å². The van der Waals surface area contributed by atoms with Crippen molar-refractivity contribution in [2.75, 3.05) is 6.54 Å². The molecule has 5 nitrogen and oxygen atoms in total. The predicted molar refractivity (Wildman–Crippen MR) is 58.1 cm³/mol. The van der Waals surface area contributed by atoms with E-state index in [-0.39, 0.29) is 11.9 Å². The number of likely N-dealkylation sites (tertiary alicyclic amines) is 1. The molecule has 0 amide bonds. The summed E-state index contributed by atoms with van der Waals surface area (Å²) < 4.78 is 4.84. The third-order valence-corrected chi connectivity index (χ3v) is 3.06. The second-order valence-electron chi connectivity index (χ2n) is 4.45. The van der Waals surface area contributed by atoms with Gasteiger partial charge < -0.3 is 4.52 Å². The van der Waals surface area contributed by atoms with E-state index in [2.05, 4.69) is 28.9 Å². The Morgan fingerprint density at radius 2 is 2.31 bits per heavy atom. The van der Waals surface area contributed by atoms with Crippen LogP contribution in [-0.4, -0.2) is 33.9 Å². The Labute approximate surface area is 94.8 Å². The minimum atomic E-state index is 0.0734. The summed E-state index contributed by atoms with van der Waals surface area (Å²) in [4.78, 5) is 17.0. The third-order valence-electron chi connectivity index (χ3n) is 3.06. The molecule has 1 saturated heterocycles. The first-order chi connectivity index (χ1) is 7.72. The summed E-state index contributed by atoms with van der Waals surface area (Å²) >= 11 is 0. The average molecular weight is 223 g/mol. The van der Waals surface area contributed by atoms with Crippen LogP contribution in [0.25, 0.3) is 0 Å². The molecule has 0 aromatic carbocycles. The monoisotopic (exact) mass is 223 g/mol. The largest absolute Gasteiger partial charge is 0.331 e. The van der Waals surface area contributed by atoms with Crippen LogP contribution in [0.5, 0.6) is 0 Å². The maximum absolute atomic E-state index is 10.5. The van der Waals surface area contributed by atoms with Crippen molar-refractivity contribution in [1.82, 2.24) is 15.0 Å². The standard InChI is InChI=1S/C11H17N3O2/c1-8(2)14-6-4-3-5-9(14)11-12-10(7-15)16-13-11/h7-9H,3-6H2,1-2H3. The number of piperidine rings is 1. The van der Waals surface area contributed by atoms with Crippen LogP contribution in [0.15, 0.2) is 4.52 Å². The van der Waals surface area contributed by atoms with Crippen LogP contribution in [0.4, 0.5) is 0 Å². The summed E-state index contributed by atoms with van der Waals surface area (Å²) in [5.41, 5.74) is 0. The summed E-state index contributed by atoms with van der Waals surface area (Å²) in [6.45, 7) is 5.39. The highest BCUT2D eigenvalue weighted by Gasteiger charge is 2.29. The highest BCUT2D eigenvalue weighted by atomic mass is 16.5.